The summed E-state index contributed by atoms with van der Waals surface area (Å²) in [5.41, 5.74) is 0.299. The van der Waals surface area contributed by atoms with Crippen molar-refractivity contribution in [2.45, 2.75) is 36.9 Å². The van der Waals surface area contributed by atoms with Crippen molar-refractivity contribution < 1.29 is 26.4 Å². The van der Waals surface area contributed by atoms with Gasteiger partial charge in [0.1, 0.15) is 6.54 Å². The lowest BCUT2D eigenvalue weighted by molar-refractivity contribution is -0.123. The molecule has 0 saturated heterocycles. The number of nitrogens with one attached hydrogen (secondary N) is 2. The van der Waals surface area contributed by atoms with Crippen molar-refractivity contribution in [1.29, 1.82) is 0 Å². The summed E-state index contributed by atoms with van der Waals surface area (Å²) in [4.78, 5) is 11.7. The summed E-state index contributed by atoms with van der Waals surface area (Å²) in [6, 6.07) is 3.70. The van der Waals surface area contributed by atoms with E-state index in [1.165, 1.54) is 19.1 Å². The Balaban J connectivity index is 2.21. The van der Waals surface area contributed by atoms with Crippen LogP contribution in [0, 0.1) is 6.92 Å². The van der Waals surface area contributed by atoms with Gasteiger partial charge in [-0.2, -0.15) is 13.2 Å². The van der Waals surface area contributed by atoms with Crippen molar-refractivity contribution in [3.63, 3.8) is 0 Å². The van der Waals surface area contributed by atoms with Crippen LogP contribution in [-0.2, 0) is 10.0 Å². The van der Waals surface area contributed by atoms with E-state index < -0.39 is 28.7 Å². The molecule has 0 bridgehead atoms. The van der Waals surface area contributed by atoms with Crippen LogP contribution in [0.5, 0.6) is 0 Å². The van der Waals surface area contributed by atoms with E-state index in [0.29, 0.717) is 5.56 Å². The molecule has 0 atom stereocenters. The Labute approximate surface area is 125 Å². The predicted octanol–water partition coefficient (Wildman–Crippen LogP) is 1.73. The highest BCUT2D eigenvalue weighted by molar-refractivity contribution is 7.89. The van der Waals surface area contributed by atoms with Crippen LogP contribution in [-0.4, -0.2) is 33.1 Å². The first-order valence-corrected chi connectivity index (χ1v) is 8.05. The summed E-state index contributed by atoms with van der Waals surface area (Å²) in [5.74, 6) is -0.960. The van der Waals surface area contributed by atoms with Crippen LogP contribution in [0.15, 0.2) is 23.1 Å². The molecule has 1 aromatic rings. The highest BCUT2D eigenvalue weighted by Crippen LogP contribution is 2.23. The molecule has 1 fully saturated rings. The van der Waals surface area contributed by atoms with Crippen LogP contribution in [0.25, 0.3) is 0 Å². The number of rotatable bonds is 5. The van der Waals surface area contributed by atoms with Gasteiger partial charge in [-0.1, -0.05) is 6.07 Å². The molecule has 1 amide bonds. The minimum absolute atomic E-state index is 0.0945. The number of hydrogen-bond donors (Lipinski definition) is 2. The number of alkyl halides is 3. The van der Waals surface area contributed by atoms with E-state index in [1.807, 2.05) is 0 Å². The lowest BCUT2D eigenvalue weighted by atomic mass is 10.1. The van der Waals surface area contributed by atoms with Crippen molar-refractivity contribution in [1.82, 2.24) is 10.0 Å². The third-order valence-electron chi connectivity index (χ3n) is 3.11. The second-order valence-corrected chi connectivity index (χ2v) is 6.88. The monoisotopic (exact) mass is 336 g/mol. The van der Waals surface area contributed by atoms with Crippen LogP contribution >= 0.6 is 0 Å². The zero-order chi connectivity index (χ0) is 16.5. The molecule has 2 rings (SSSR count). The summed E-state index contributed by atoms with van der Waals surface area (Å²) in [7, 11) is -3.77. The molecule has 0 radical (unpaired) electrons. The van der Waals surface area contributed by atoms with Crippen molar-refractivity contribution in [2.75, 3.05) is 6.54 Å². The molecule has 9 heteroatoms. The largest absolute Gasteiger partial charge is 0.405 e. The number of aryl methyl sites for hydroxylation is 1. The molecule has 0 unspecified atom stereocenters. The highest BCUT2D eigenvalue weighted by Gasteiger charge is 2.30. The van der Waals surface area contributed by atoms with Gasteiger partial charge in [0.25, 0.3) is 5.91 Å². The van der Waals surface area contributed by atoms with E-state index in [4.69, 9.17) is 0 Å². The molecule has 0 aromatic heterocycles. The third-order valence-corrected chi connectivity index (χ3v) is 4.63. The Morgan fingerprint density at radius 3 is 2.50 bits per heavy atom. The van der Waals surface area contributed by atoms with Gasteiger partial charge in [-0.05, 0) is 37.5 Å². The average Bonchev–Trinajstić information content (AvgIpc) is 3.18. The lowest BCUT2D eigenvalue weighted by Crippen LogP contribution is -2.34. The molecule has 22 heavy (non-hydrogen) atoms. The Bertz CT molecular complexity index is 682. The smallest absolute Gasteiger partial charge is 0.343 e. The quantitative estimate of drug-likeness (QED) is 0.860. The van der Waals surface area contributed by atoms with Gasteiger partial charge in [-0.25, -0.2) is 13.1 Å². The van der Waals surface area contributed by atoms with E-state index in [9.17, 15) is 26.4 Å². The van der Waals surface area contributed by atoms with E-state index in [1.54, 1.807) is 5.32 Å². The SMILES string of the molecule is Cc1ccc(S(=O)(=O)NC2CC2)cc1C(=O)NCC(F)(F)F. The first-order chi connectivity index (χ1) is 10.1. The molecule has 2 N–H and O–H groups in total. The summed E-state index contributed by atoms with van der Waals surface area (Å²) >= 11 is 0. The average molecular weight is 336 g/mol. The number of hydrogen-bond acceptors (Lipinski definition) is 3. The minimum atomic E-state index is -4.53. The van der Waals surface area contributed by atoms with Gasteiger partial charge in [-0.15, -0.1) is 0 Å². The second kappa shape index (κ2) is 5.88. The zero-order valence-electron chi connectivity index (χ0n) is 11.7. The fourth-order valence-electron chi connectivity index (χ4n) is 1.78. The van der Waals surface area contributed by atoms with Crippen LogP contribution in [0.3, 0.4) is 0 Å². The molecular weight excluding hydrogens is 321 g/mol. The summed E-state index contributed by atoms with van der Waals surface area (Å²) in [6.45, 7) is 0.0514. The Hall–Kier alpha value is -1.61. The molecule has 1 saturated carbocycles. The third kappa shape index (κ3) is 4.44. The first kappa shape index (κ1) is 16.8. The summed E-state index contributed by atoms with van der Waals surface area (Å²) < 4.78 is 63.0. The number of amides is 1. The summed E-state index contributed by atoms with van der Waals surface area (Å²) in [6.07, 6.45) is -3.02. The van der Waals surface area contributed by atoms with E-state index in [0.717, 1.165) is 18.9 Å². The van der Waals surface area contributed by atoms with E-state index >= 15 is 0 Å². The highest BCUT2D eigenvalue weighted by atomic mass is 32.2. The van der Waals surface area contributed by atoms with Gasteiger partial charge >= 0.3 is 6.18 Å². The zero-order valence-corrected chi connectivity index (χ0v) is 12.5. The molecule has 122 valence electrons. The minimum Gasteiger partial charge on any atom is -0.343 e. The van der Waals surface area contributed by atoms with Crippen molar-refractivity contribution in [3.05, 3.63) is 29.3 Å². The van der Waals surface area contributed by atoms with Gasteiger partial charge in [-0.3, -0.25) is 4.79 Å². The number of halogens is 3. The van der Waals surface area contributed by atoms with E-state index in [-0.39, 0.29) is 16.5 Å². The molecular formula is C13H15F3N2O3S. The van der Waals surface area contributed by atoms with Gasteiger partial charge in [0.05, 0.1) is 4.90 Å². The van der Waals surface area contributed by atoms with Crippen LogP contribution in [0.1, 0.15) is 28.8 Å². The number of carbonyl (C=O) groups is 1. The first-order valence-electron chi connectivity index (χ1n) is 6.56. The van der Waals surface area contributed by atoms with Crippen LogP contribution in [0.2, 0.25) is 0 Å². The second-order valence-electron chi connectivity index (χ2n) is 5.17. The molecule has 1 aliphatic rings. The predicted molar refractivity (Wildman–Crippen MR) is 72.9 cm³/mol. The van der Waals surface area contributed by atoms with E-state index in [2.05, 4.69) is 4.72 Å². The van der Waals surface area contributed by atoms with Crippen molar-refractivity contribution in [3.8, 4) is 0 Å². The standard InChI is InChI=1S/C13H15F3N2O3S/c1-8-2-5-10(22(20,21)18-9-3-4-9)6-11(8)12(19)17-7-13(14,15)16/h2,5-6,9,18H,3-4,7H2,1H3,(H,17,19). The Morgan fingerprint density at radius 1 is 1.32 bits per heavy atom. The van der Waals surface area contributed by atoms with Crippen LogP contribution in [0.4, 0.5) is 13.2 Å². The Morgan fingerprint density at radius 2 is 1.95 bits per heavy atom. The fourth-order valence-corrected chi connectivity index (χ4v) is 3.11. The fraction of sp³-hybridized carbons (Fsp3) is 0.462. The number of benzene rings is 1. The molecule has 1 aliphatic carbocycles. The maximum absolute atomic E-state index is 12.1. The van der Waals surface area contributed by atoms with Gasteiger partial charge in [0.15, 0.2) is 0 Å². The van der Waals surface area contributed by atoms with Gasteiger partial charge < -0.3 is 5.32 Å². The lowest BCUT2D eigenvalue weighted by Gasteiger charge is -2.12. The van der Waals surface area contributed by atoms with Crippen molar-refractivity contribution >= 4 is 15.9 Å². The van der Waals surface area contributed by atoms with Gasteiger partial charge in [0, 0.05) is 11.6 Å². The maximum Gasteiger partial charge on any atom is 0.405 e. The maximum atomic E-state index is 12.1. The normalized spacial score (nSPS) is 15.6. The van der Waals surface area contributed by atoms with Gasteiger partial charge in [0.2, 0.25) is 10.0 Å². The topological polar surface area (TPSA) is 75.3 Å². The molecule has 0 aliphatic heterocycles. The number of sulfonamides is 1. The number of carbonyl (C=O) groups excluding carboxylic acids is 1. The Kier molecular flexibility index (Phi) is 4.48. The molecule has 0 spiro atoms. The van der Waals surface area contributed by atoms with Crippen LogP contribution < -0.4 is 10.0 Å². The molecule has 5 nitrogen and oxygen atoms in total. The summed E-state index contributed by atoms with van der Waals surface area (Å²) in [5, 5.41) is 1.73. The molecule has 1 aromatic carbocycles. The van der Waals surface area contributed by atoms with Crippen molar-refractivity contribution in [2.24, 2.45) is 0 Å². The molecule has 0 heterocycles.